The zero-order valence-electron chi connectivity index (χ0n) is 21.6. The van der Waals surface area contributed by atoms with Crippen molar-refractivity contribution < 1.29 is 9.59 Å². The van der Waals surface area contributed by atoms with Crippen LogP contribution in [0.2, 0.25) is 0 Å². The van der Waals surface area contributed by atoms with Gasteiger partial charge >= 0.3 is 0 Å². The average molecular weight is 552 g/mol. The number of rotatable bonds is 12. The van der Waals surface area contributed by atoms with E-state index in [1.807, 2.05) is 61.6 Å². The maximum atomic E-state index is 12.5. The van der Waals surface area contributed by atoms with Gasteiger partial charge in [-0.3, -0.25) is 15.0 Å². The molecule has 2 aromatic carbocycles. The van der Waals surface area contributed by atoms with E-state index in [4.69, 9.17) is 0 Å². The van der Waals surface area contributed by atoms with Crippen molar-refractivity contribution in [3.63, 3.8) is 0 Å². The maximum Gasteiger partial charge on any atom is 0.230 e. The molecule has 0 saturated carbocycles. The number of aromatic nitrogens is 2. The number of hydrazone groups is 1. The molecule has 1 aromatic heterocycles. The van der Waals surface area contributed by atoms with E-state index in [0.29, 0.717) is 23.1 Å². The van der Waals surface area contributed by atoms with Gasteiger partial charge in [-0.05, 0) is 49.9 Å². The van der Waals surface area contributed by atoms with E-state index >= 15 is 0 Å². The number of carbonyl (C=O) groups is 2. The molecule has 0 spiro atoms. The number of amidine groups is 1. The van der Waals surface area contributed by atoms with Crippen molar-refractivity contribution in [3.8, 4) is 0 Å². The Labute approximate surface area is 231 Å². The number of nitrogens with zero attached hydrogens (tertiary/aromatic N) is 3. The van der Waals surface area contributed by atoms with Crippen LogP contribution in [0.5, 0.6) is 0 Å². The third-order valence-corrected chi connectivity index (χ3v) is 7.95. The fraction of sp³-hybridized carbons (Fsp3) is 0.370. The van der Waals surface area contributed by atoms with E-state index in [1.54, 1.807) is 11.8 Å². The van der Waals surface area contributed by atoms with E-state index in [9.17, 15) is 9.59 Å². The Bertz CT molecular complexity index is 1270. The van der Waals surface area contributed by atoms with Crippen LogP contribution in [0.25, 0.3) is 0 Å². The van der Waals surface area contributed by atoms with Gasteiger partial charge in [-0.2, -0.15) is 5.10 Å². The molecular formula is C27H33N7O2S2. The van der Waals surface area contributed by atoms with Crippen molar-refractivity contribution in [1.82, 2.24) is 26.3 Å². The predicted octanol–water partition coefficient (Wildman–Crippen LogP) is 3.83. The highest BCUT2D eigenvalue weighted by Crippen LogP contribution is 2.33. The molecule has 1 atom stereocenters. The van der Waals surface area contributed by atoms with Crippen LogP contribution in [0.1, 0.15) is 47.9 Å². The lowest BCUT2D eigenvalue weighted by atomic mass is 10.1. The van der Waals surface area contributed by atoms with Crippen LogP contribution >= 0.6 is 23.1 Å². The van der Waals surface area contributed by atoms with Crippen molar-refractivity contribution in [2.75, 3.05) is 12.4 Å². The Morgan fingerprint density at radius 3 is 2.47 bits per heavy atom. The van der Waals surface area contributed by atoms with Crippen LogP contribution in [0.4, 0.5) is 5.13 Å². The summed E-state index contributed by atoms with van der Waals surface area (Å²) in [7, 11) is 1.90. The van der Waals surface area contributed by atoms with Crippen LogP contribution < -0.4 is 21.4 Å². The summed E-state index contributed by atoms with van der Waals surface area (Å²) in [6.07, 6.45) is 4.20. The molecule has 11 heteroatoms. The first-order valence-electron chi connectivity index (χ1n) is 12.6. The molecule has 3 aromatic rings. The van der Waals surface area contributed by atoms with Crippen molar-refractivity contribution in [1.29, 1.82) is 0 Å². The highest BCUT2D eigenvalue weighted by Gasteiger charge is 2.32. The zero-order chi connectivity index (χ0) is 26.8. The van der Waals surface area contributed by atoms with Gasteiger partial charge in [0, 0.05) is 13.0 Å². The maximum absolute atomic E-state index is 12.5. The van der Waals surface area contributed by atoms with Crippen molar-refractivity contribution in [2.45, 2.75) is 56.9 Å². The third kappa shape index (κ3) is 8.64. The van der Waals surface area contributed by atoms with Gasteiger partial charge < -0.3 is 16.0 Å². The number of unbranched alkanes of at least 4 members (excludes halogenated alkanes) is 1. The highest BCUT2D eigenvalue weighted by molar-refractivity contribution is 8.15. The summed E-state index contributed by atoms with van der Waals surface area (Å²) in [5.41, 5.74) is 6.27. The van der Waals surface area contributed by atoms with Crippen molar-refractivity contribution in [2.24, 2.45) is 5.10 Å². The average Bonchev–Trinajstić information content (AvgIpc) is 3.49. The molecule has 2 heterocycles. The second-order valence-electron chi connectivity index (χ2n) is 9.36. The fourth-order valence-corrected chi connectivity index (χ4v) is 5.90. The van der Waals surface area contributed by atoms with E-state index in [2.05, 4.69) is 43.6 Å². The molecule has 1 unspecified atom stereocenters. The van der Waals surface area contributed by atoms with Gasteiger partial charge in [0.15, 0.2) is 5.17 Å². The topological polar surface area (TPSA) is 120 Å². The molecule has 0 saturated heterocycles. The van der Waals surface area contributed by atoms with E-state index in [1.165, 1.54) is 11.3 Å². The summed E-state index contributed by atoms with van der Waals surface area (Å²) in [6.45, 7) is 2.86. The largest absolute Gasteiger partial charge is 0.316 e. The molecule has 200 valence electrons. The minimum Gasteiger partial charge on any atom is -0.316 e. The molecule has 1 aliphatic heterocycles. The van der Waals surface area contributed by atoms with Crippen molar-refractivity contribution in [3.05, 3.63) is 76.3 Å². The van der Waals surface area contributed by atoms with Gasteiger partial charge in [0.2, 0.25) is 16.9 Å². The van der Waals surface area contributed by atoms with Crippen LogP contribution in [0, 0.1) is 0 Å². The second-order valence-corrected chi connectivity index (χ2v) is 11.9. The van der Waals surface area contributed by atoms with Crippen LogP contribution in [-0.2, 0) is 35.4 Å². The first-order valence-corrected chi connectivity index (χ1v) is 14.3. The van der Waals surface area contributed by atoms with Crippen LogP contribution in [0.15, 0.2) is 59.7 Å². The summed E-state index contributed by atoms with van der Waals surface area (Å²) in [5, 5.41) is 23.6. The molecule has 4 N–H and O–H groups in total. The number of aryl methyl sites for hydroxylation is 1. The lowest BCUT2D eigenvalue weighted by molar-refractivity contribution is -0.119. The molecule has 9 nitrogen and oxygen atoms in total. The lowest BCUT2D eigenvalue weighted by Gasteiger charge is -2.22. The monoisotopic (exact) mass is 551 g/mol. The minimum atomic E-state index is -0.271. The van der Waals surface area contributed by atoms with Gasteiger partial charge in [-0.15, -0.1) is 10.2 Å². The number of carbonyl (C=O) groups excluding carboxylic acids is 2. The van der Waals surface area contributed by atoms with Gasteiger partial charge in [0.1, 0.15) is 9.88 Å². The molecule has 38 heavy (non-hydrogen) atoms. The number of anilines is 1. The Morgan fingerprint density at radius 1 is 0.921 bits per heavy atom. The van der Waals surface area contributed by atoms with Gasteiger partial charge in [-0.1, -0.05) is 77.7 Å². The van der Waals surface area contributed by atoms with Crippen LogP contribution in [-0.4, -0.2) is 39.1 Å². The number of thioether (sulfide) groups is 1. The Hall–Kier alpha value is -3.28. The summed E-state index contributed by atoms with van der Waals surface area (Å²) in [4.78, 5) is 24.5. The summed E-state index contributed by atoms with van der Waals surface area (Å²) < 4.78 is 0. The highest BCUT2D eigenvalue weighted by atomic mass is 32.2. The Balaban J connectivity index is 1.14. The van der Waals surface area contributed by atoms with E-state index in [0.717, 1.165) is 53.9 Å². The van der Waals surface area contributed by atoms with Gasteiger partial charge in [0.25, 0.3) is 0 Å². The zero-order valence-corrected chi connectivity index (χ0v) is 23.3. The summed E-state index contributed by atoms with van der Waals surface area (Å²) in [5.74, 6) is -0.173. The van der Waals surface area contributed by atoms with Gasteiger partial charge in [-0.25, -0.2) is 0 Å². The second kappa shape index (κ2) is 13.5. The molecule has 1 aliphatic rings. The smallest absolute Gasteiger partial charge is 0.230 e. The number of hydrogen-bond donors (Lipinski definition) is 4. The molecule has 0 bridgehead atoms. The molecule has 0 aliphatic carbocycles. The summed E-state index contributed by atoms with van der Waals surface area (Å²) >= 11 is 2.96. The Morgan fingerprint density at radius 2 is 1.66 bits per heavy atom. The van der Waals surface area contributed by atoms with Crippen molar-refractivity contribution >= 4 is 45.2 Å². The molecule has 0 radical (unpaired) electrons. The SMILES string of the molecule is CNCc1cccc(CC(=O)NC2=NNC(C)(CCCCc3nnc(NC(=O)Cc4ccccc4)s3)S2)c1. The van der Waals surface area contributed by atoms with E-state index in [-0.39, 0.29) is 16.7 Å². The first-order chi connectivity index (χ1) is 18.4. The molecule has 2 amide bonds. The first kappa shape index (κ1) is 27.7. The lowest BCUT2D eigenvalue weighted by Crippen LogP contribution is -2.33. The molecule has 0 fully saturated rings. The number of amides is 2. The number of nitrogens with one attached hydrogen (secondary N) is 4. The third-order valence-electron chi connectivity index (χ3n) is 5.91. The predicted molar refractivity (Wildman–Crippen MR) is 154 cm³/mol. The Kier molecular flexibility index (Phi) is 9.85. The quantitative estimate of drug-likeness (QED) is 0.253. The fourth-order valence-electron chi connectivity index (χ4n) is 4.08. The number of hydrogen-bond acceptors (Lipinski definition) is 9. The standard InChI is InChI=1S/C27H33N7O2S2/c1-27(34-33-26(38-27)30-23(36)17-20-11-8-12-21(15-20)18-28-2)14-7-6-13-24-31-32-25(37-24)29-22(35)16-19-9-4-3-5-10-19/h3-5,8-12,15,28,34H,6-7,13-14,16-18H2,1-2H3,(H,29,32,35)(H,30,33,36). The normalized spacial score (nSPS) is 16.5. The van der Waals surface area contributed by atoms with E-state index < -0.39 is 0 Å². The molecule has 4 rings (SSSR count). The number of benzene rings is 2. The summed E-state index contributed by atoms with van der Waals surface area (Å²) in [6, 6.07) is 17.6. The van der Waals surface area contributed by atoms with Crippen LogP contribution in [0.3, 0.4) is 0 Å². The van der Waals surface area contributed by atoms with Gasteiger partial charge in [0.05, 0.1) is 12.8 Å². The minimum absolute atomic E-state index is 0.0770. The molecular weight excluding hydrogens is 518 g/mol.